The van der Waals surface area contributed by atoms with Crippen LogP contribution in [0.25, 0.3) is 0 Å². The first-order valence-corrected chi connectivity index (χ1v) is 6.75. The Bertz CT molecular complexity index is 417. The maximum atomic E-state index is 10.7. The van der Waals surface area contributed by atoms with E-state index >= 15 is 0 Å². The molecule has 0 radical (unpaired) electrons. The lowest BCUT2D eigenvalue weighted by Crippen LogP contribution is -2.46. The van der Waals surface area contributed by atoms with Gasteiger partial charge in [0, 0.05) is 38.3 Å². The summed E-state index contributed by atoms with van der Waals surface area (Å²) < 4.78 is 0. The molecular formula is C13H21N5O. The first-order valence-electron chi connectivity index (χ1n) is 6.75. The predicted octanol–water partition coefficient (Wildman–Crippen LogP) is 0.965. The van der Waals surface area contributed by atoms with Gasteiger partial charge >= 0.3 is 0 Å². The van der Waals surface area contributed by atoms with Crippen LogP contribution in [-0.2, 0) is 4.79 Å². The molecule has 0 aromatic carbocycles. The standard InChI is InChI=1S/C13H21N5O/c1-3-11(2)16-12-8-13(15-9-14-12)18-6-4-17(10-19)5-7-18/h8-11H,3-7H2,1-2H3,(H,14,15,16). The molecule has 0 spiro atoms. The third-order valence-corrected chi connectivity index (χ3v) is 3.45. The monoisotopic (exact) mass is 263 g/mol. The van der Waals surface area contributed by atoms with Gasteiger partial charge in [-0.25, -0.2) is 9.97 Å². The van der Waals surface area contributed by atoms with Gasteiger partial charge in [0.05, 0.1) is 0 Å². The number of carbonyl (C=O) groups excluding carboxylic acids is 1. The molecule has 2 rings (SSSR count). The minimum absolute atomic E-state index is 0.398. The van der Waals surface area contributed by atoms with E-state index in [1.54, 1.807) is 11.2 Å². The number of aromatic nitrogens is 2. The van der Waals surface area contributed by atoms with Crippen molar-refractivity contribution in [2.24, 2.45) is 0 Å². The van der Waals surface area contributed by atoms with Crippen LogP contribution in [0.1, 0.15) is 20.3 Å². The molecule has 1 unspecified atom stereocenters. The van der Waals surface area contributed by atoms with Gasteiger partial charge in [-0.05, 0) is 13.3 Å². The average Bonchev–Trinajstić information content (AvgIpc) is 2.47. The molecule has 6 nitrogen and oxygen atoms in total. The van der Waals surface area contributed by atoms with Crippen molar-refractivity contribution < 1.29 is 4.79 Å². The highest BCUT2D eigenvalue weighted by Crippen LogP contribution is 2.16. The number of carbonyl (C=O) groups is 1. The van der Waals surface area contributed by atoms with Gasteiger partial charge in [0.2, 0.25) is 6.41 Å². The van der Waals surface area contributed by atoms with E-state index in [2.05, 4.69) is 34.0 Å². The predicted molar refractivity (Wildman–Crippen MR) is 75.3 cm³/mol. The lowest BCUT2D eigenvalue weighted by atomic mass is 10.2. The van der Waals surface area contributed by atoms with Gasteiger partial charge in [-0.1, -0.05) is 6.92 Å². The molecule has 0 bridgehead atoms. The fourth-order valence-electron chi connectivity index (χ4n) is 2.01. The minimum atomic E-state index is 0.398. The van der Waals surface area contributed by atoms with Crippen molar-refractivity contribution in [2.75, 3.05) is 36.4 Å². The Hall–Kier alpha value is -1.85. The van der Waals surface area contributed by atoms with Crippen LogP contribution >= 0.6 is 0 Å². The Kier molecular flexibility index (Phi) is 4.54. The van der Waals surface area contributed by atoms with Gasteiger partial charge in [0.1, 0.15) is 18.0 Å². The molecule has 1 aliphatic heterocycles. The number of piperazine rings is 1. The molecule has 1 saturated heterocycles. The summed E-state index contributed by atoms with van der Waals surface area (Å²) >= 11 is 0. The number of nitrogens with one attached hydrogen (secondary N) is 1. The molecule has 0 aliphatic carbocycles. The average molecular weight is 263 g/mol. The van der Waals surface area contributed by atoms with Crippen LogP contribution < -0.4 is 10.2 Å². The molecule has 19 heavy (non-hydrogen) atoms. The lowest BCUT2D eigenvalue weighted by Gasteiger charge is -2.33. The third kappa shape index (κ3) is 3.56. The number of anilines is 2. The van der Waals surface area contributed by atoms with E-state index in [1.165, 1.54) is 0 Å². The molecule has 1 fully saturated rings. The molecule has 2 heterocycles. The fraction of sp³-hybridized carbons (Fsp3) is 0.615. The first kappa shape index (κ1) is 13.6. The van der Waals surface area contributed by atoms with Gasteiger partial charge in [-0.3, -0.25) is 4.79 Å². The summed E-state index contributed by atoms with van der Waals surface area (Å²) in [7, 11) is 0. The molecule has 6 heteroatoms. The van der Waals surface area contributed by atoms with Crippen molar-refractivity contribution in [3.05, 3.63) is 12.4 Å². The van der Waals surface area contributed by atoms with Crippen molar-refractivity contribution in [3.8, 4) is 0 Å². The van der Waals surface area contributed by atoms with Crippen LogP contribution in [0.15, 0.2) is 12.4 Å². The minimum Gasteiger partial charge on any atom is -0.367 e. The van der Waals surface area contributed by atoms with Gasteiger partial charge in [-0.2, -0.15) is 0 Å². The smallest absolute Gasteiger partial charge is 0.209 e. The Morgan fingerprint density at radius 2 is 2.11 bits per heavy atom. The van der Waals surface area contributed by atoms with Crippen LogP contribution in [0.4, 0.5) is 11.6 Å². The van der Waals surface area contributed by atoms with Crippen molar-refractivity contribution in [1.82, 2.24) is 14.9 Å². The molecule has 1 aliphatic rings. The van der Waals surface area contributed by atoms with Gasteiger partial charge in [-0.15, -0.1) is 0 Å². The largest absolute Gasteiger partial charge is 0.367 e. The second-order valence-electron chi connectivity index (χ2n) is 4.84. The normalized spacial score (nSPS) is 17.2. The second kappa shape index (κ2) is 6.36. The van der Waals surface area contributed by atoms with E-state index in [0.29, 0.717) is 6.04 Å². The Labute approximate surface area is 113 Å². The van der Waals surface area contributed by atoms with Crippen LogP contribution in [0.5, 0.6) is 0 Å². The Balaban J connectivity index is 2.00. The van der Waals surface area contributed by atoms with E-state index in [4.69, 9.17) is 0 Å². The number of hydrogen-bond donors (Lipinski definition) is 1. The molecule has 0 saturated carbocycles. The summed E-state index contributed by atoms with van der Waals surface area (Å²) in [6.45, 7) is 7.41. The summed E-state index contributed by atoms with van der Waals surface area (Å²) in [6.07, 6.45) is 3.55. The molecule has 1 atom stereocenters. The van der Waals surface area contributed by atoms with E-state index in [9.17, 15) is 4.79 Å². The number of nitrogens with zero attached hydrogens (tertiary/aromatic N) is 4. The van der Waals surface area contributed by atoms with Crippen LogP contribution in [0.3, 0.4) is 0 Å². The van der Waals surface area contributed by atoms with E-state index in [-0.39, 0.29) is 0 Å². The molecule has 1 N–H and O–H groups in total. The highest BCUT2D eigenvalue weighted by Gasteiger charge is 2.17. The van der Waals surface area contributed by atoms with Crippen molar-refractivity contribution in [1.29, 1.82) is 0 Å². The highest BCUT2D eigenvalue weighted by atomic mass is 16.1. The fourth-order valence-corrected chi connectivity index (χ4v) is 2.01. The first-order chi connectivity index (χ1) is 9.22. The summed E-state index contributed by atoms with van der Waals surface area (Å²) in [4.78, 5) is 23.2. The zero-order chi connectivity index (χ0) is 13.7. The Morgan fingerprint density at radius 1 is 1.37 bits per heavy atom. The van der Waals surface area contributed by atoms with Gasteiger partial charge in [0.15, 0.2) is 0 Å². The van der Waals surface area contributed by atoms with Crippen molar-refractivity contribution >= 4 is 18.0 Å². The molecular weight excluding hydrogens is 242 g/mol. The maximum absolute atomic E-state index is 10.7. The van der Waals surface area contributed by atoms with Gasteiger partial charge < -0.3 is 15.1 Å². The van der Waals surface area contributed by atoms with E-state index in [1.807, 2.05) is 6.07 Å². The molecule has 1 aromatic heterocycles. The highest BCUT2D eigenvalue weighted by molar-refractivity contribution is 5.51. The molecule has 104 valence electrons. The van der Waals surface area contributed by atoms with Crippen molar-refractivity contribution in [3.63, 3.8) is 0 Å². The number of hydrogen-bond acceptors (Lipinski definition) is 5. The van der Waals surface area contributed by atoms with Crippen molar-refractivity contribution in [2.45, 2.75) is 26.3 Å². The molecule has 1 aromatic rings. The second-order valence-corrected chi connectivity index (χ2v) is 4.84. The Morgan fingerprint density at radius 3 is 2.74 bits per heavy atom. The topological polar surface area (TPSA) is 61.4 Å². The van der Waals surface area contributed by atoms with Gasteiger partial charge in [0.25, 0.3) is 0 Å². The van der Waals surface area contributed by atoms with Crippen LogP contribution in [0.2, 0.25) is 0 Å². The summed E-state index contributed by atoms with van der Waals surface area (Å²) in [5.41, 5.74) is 0. The summed E-state index contributed by atoms with van der Waals surface area (Å²) in [5, 5.41) is 3.35. The quantitative estimate of drug-likeness (QED) is 0.802. The number of rotatable bonds is 5. The zero-order valence-electron chi connectivity index (χ0n) is 11.5. The summed E-state index contributed by atoms with van der Waals surface area (Å²) in [5.74, 6) is 1.78. The zero-order valence-corrected chi connectivity index (χ0v) is 11.5. The third-order valence-electron chi connectivity index (χ3n) is 3.45. The van der Waals surface area contributed by atoms with E-state index < -0.39 is 0 Å². The molecule has 1 amide bonds. The summed E-state index contributed by atoms with van der Waals surface area (Å²) in [6, 6.07) is 2.37. The SMILES string of the molecule is CCC(C)Nc1cc(N2CCN(C=O)CC2)ncn1. The lowest BCUT2D eigenvalue weighted by molar-refractivity contribution is -0.118. The van der Waals surface area contributed by atoms with Crippen LogP contribution in [0, 0.1) is 0 Å². The van der Waals surface area contributed by atoms with E-state index in [0.717, 1.165) is 50.6 Å². The number of amides is 1. The van der Waals surface area contributed by atoms with Crippen LogP contribution in [-0.4, -0.2) is 53.5 Å². The maximum Gasteiger partial charge on any atom is 0.209 e.